The summed E-state index contributed by atoms with van der Waals surface area (Å²) in [5.41, 5.74) is 5.58. The summed E-state index contributed by atoms with van der Waals surface area (Å²) in [4.78, 5) is 20.1. The average Bonchev–Trinajstić information content (AvgIpc) is 2.98. The summed E-state index contributed by atoms with van der Waals surface area (Å²) in [5, 5.41) is 7.91. The fourth-order valence-corrected chi connectivity index (χ4v) is 2.36. The normalized spacial score (nSPS) is 16.4. The first-order chi connectivity index (χ1) is 11.3. The molecule has 0 bridgehead atoms. The molecule has 2 N–H and O–H groups in total. The van der Waals surface area contributed by atoms with E-state index >= 15 is 0 Å². The second-order valence-corrected chi connectivity index (χ2v) is 6.66. The van der Waals surface area contributed by atoms with Gasteiger partial charge in [0.2, 0.25) is 0 Å². The van der Waals surface area contributed by atoms with Crippen molar-refractivity contribution in [1.29, 1.82) is 0 Å². The molecule has 9 heteroatoms. The number of piperazine rings is 1. The highest BCUT2D eigenvalue weighted by molar-refractivity contribution is 5.78. The molecule has 1 aliphatic rings. The van der Waals surface area contributed by atoms with Gasteiger partial charge in [-0.25, -0.2) is 9.79 Å². The SMILES string of the molecule is CCn1cnnc1CN=C(N)N1CCN(C(=O)OC(C)(C)C)CC1. The minimum Gasteiger partial charge on any atom is -0.444 e. The van der Waals surface area contributed by atoms with E-state index in [-0.39, 0.29) is 6.09 Å². The molecule has 0 aliphatic carbocycles. The van der Waals surface area contributed by atoms with Gasteiger partial charge in [0.05, 0.1) is 0 Å². The van der Waals surface area contributed by atoms with Crippen LogP contribution in [0, 0.1) is 0 Å². The van der Waals surface area contributed by atoms with Crippen LogP contribution in [0.2, 0.25) is 0 Å². The van der Waals surface area contributed by atoms with E-state index in [1.807, 2.05) is 37.2 Å². The summed E-state index contributed by atoms with van der Waals surface area (Å²) < 4.78 is 7.31. The van der Waals surface area contributed by atoms with Crippen LogP contribution < -0.4 is 5.73 Å². The predicted octanol–water partition coefficient (Wildman–Crippen LogP) is 0.665. The number of ether oxygens (including phenoxy) is 1. The molecular formula is C15H27N7O2. The highest BCUT2D eigenvalue weighted by Crippen LogP contribution is 2.12. The third kappa shape index (κ3) is 4.84. The molecule has 1 aromatic heterocycles. The van der Waals surface area contributed by atoms with Crippen LogP contribution in [0.25, 0.3) is 0 Å². The lowest BCUT2D eigenvalue weighted by molar-refractivity contribution is 0.0186. The number of nitrogens with two attached hydrogens (primary N) is 1. The summed E-state index contributed by atoms with van der Waals surface area (Å²) >= 11 is 0. The Morgan fingerprint density at radius 1 is 1.29 bits per heavy atom. The van der Waals surface area contributed by atoms with E-state index in [2.05, 4.69) is 15.2 Å². The standard InChI is InChI=1S/C15H27N7O2/c1-5-20-11-18-19-12(20)10-17-13(16)21-6-8-22(9-7-21)14(23)24-15(2,3)4/h11H,5-10H2,1-4H3,(H2,16,17). The topological polar surface area (TPSA) is 102 Å². The Hall–Kier alpha value is -2.32. The van der Waals surface area contributed by atoms with Crippen molar-refractivity contribution in [1.82, 2.24) is 24.6 Å². The first kappa shape index (κ1) is 18.0. The minimum absolute atomic E-state index is 0.284. The van der Waals surface area contributed by atoms with Crippen molar-refractivity contribution >= 4 is 12.1 Å². The van der Waals surface area contributed by atoms with Gasteiger partial charge in [-0.05, 0) is 27.7 Å². The zero-order valence-electron chi connectivity index (χ0n) is 14.9. The molecule has 1 amide bonds. The molecule has 0 unspecified atom stereocenters. The number of aryl methyl sites for hydroxylation is 1. The Bertz CT molecular complexity index is 583. The first-order valence-corrected chi connectivity index (χ1v) is 8.19. The lowest BCUT2D eigenvalue weighted by Gasteiger charge is -2.36. The first-order valence-electron chi connectivity index (χ1n) is 8.19. The number of carbonyl (C=O) groups excluding carboxylic acids is 1. The van der Waals surface area contributed by atoms with Crippen molar-refractivity contribution in [3.05, 3.63) is 12.2 Å². The van der Waals surface area contributed by atoms with Crippen LogP contribution in [-0.4, -0.2) is 68.4 Å². The second kappa shape index (κ2) is 7.50. The van der Waals surface area contributed by atoms with Crippen LogP contribution in [-0.2, 0) is 17.8 Å². The van der Waals surface area contributed by atoms with E-state index < -0.39 is 5.60 Å². The molecule has 1 aliphatic heterocycles. The Labute approximate surface area is 142 Å². The second-order valence-electron chi connectivity index (χ2n) is 6.66. The van der Waals surface area contributed by atoms with Crippen molar-refractivity contribution in [2.75, 3.05) is 26.2 Å². The molecule has 2 heterocycles. The van der Waals surface area contributed by atoms with E-state index in [9.17, 15) is 4.79 Å². The van der Waals surface area contributed by atoms with Crippen molar-refractivity contribution in [3.63, 3.8) is 0 Å². The van der Waals surface area contributed by atoms with E-state index in [0.29, 0.717) is 38.7 Å². The maximum absolute atomic E-state index is 12.0. The zero-order valence-corrected chi connectivity index (χ0v) is 14.9. The smallest absolute Gasteiger partial charge is 0.410 e. The lowest BCUT2D eigenvalue weighted by Crippen LogP contribution is -2.53. The Morgan fingerprint density at radius 2 is 1.92 bits per heavy atom. The summed E-state index contributed by atoms with van der Waals surface area (Å²) in [7, 11) is 0. The van der Waals surface area contributed by atoms with Crippen LogP contribution in [0.3, 0.4) is 0 Å². The number of nitrogens with zero attached hydrogens (tertiary/aromatic N) is 6. The minimum atomic E-state index is -0.482. The molecule has 0 aromatic carbocycles. The fourth-order valence-electron chi connectivity index (χ4n) is 2.36. The van der Waals surface area contributed by atoms with Gasteiger partial charge in [0.25, 0.3) is 0 Å². The Kier molecular flexibility index (Phi) is 5.63. The Morgan fingerprint density at radius 3 is 2.50 bits per heavy atom. The van der Waals surface area contributed by atoms with Gasteiger partial charge in [0.15, 0.2) is 11.8 Å². The largest absolute Gasteiger partial charge is 0.444 e. The number of aliphatic imine (C=N–C) groups is 1. The molecule has 1 aromatic rings. The Balaban J connectivity index is 1.85. The van der Waals surface area contributed by atoms with Crippen molar-refractivity contribution in [2.45, 2.75) is 46.4 Å². The van der Waals surface area contributed by atoms with Gasteiger partial charge >= 0.3 is 6.09 Å². The number of hydrogen-bond acceptors (Lipinski definition) is 5. The van der Waals surface area contributed by atoms with E-state index in [1.54, 1.807) is 11.2 Å². The summed E-state index contributed by atoms with van der Waals surface area (Å²) in [5.74, 6) is 1.25. The molecule has 0 spiro atoms. The number of hydrogen-bond donors (Lipinski definition) is 1. The van der Waals surface area contributed by atoms with Crippen LogP contribution in [0.4, 0.5) is 4.79 Å². The quantitative estimate of drug-likeness (QED) is 0.642. The molecule has 9 nitrogen and oxygen atoms in total. The van der Waals surface area contributed by atoms with E-state index in [0.717, 1.165) is 12.4 Å². The maximum atomic E-state index is 12.0. The van der Waals surface area contributed by atoms with Crippen LogP contribution in [0.1, 0.15) is 33.5 Å². The number of guanidine groups is 1. The molecule has 134 valence electrons. The maximum Gasteiger partial charge on any atom is 0.410 e. The molecule has 1 fully saturated rings. The molecule has 24 heavy (non-hydrogen) atoms. The van der Waals surface area contributed by atoms with Crippen molar-refractivity contribution in [3.8, 4) is 0 Å². The van der Waals surface area contributed by atoms with Crippen LogP contribution in [0.15, 0.2) is 11.3 Å². The average molecular weight is 337 g/mol. The molecule has 0 radical (unpaired) electrons. The number of amides is 1. The third-order valence-corrected chi connectivity index (χ3v) is 3.67. The summed E-state index contributed by atoms with van der Waals surface area (Å²) in [6.45, 7) is 11.2. The van der Waals surface area contributed by atoms with Gasteiger partial charge in [-0.2, -0.15) is 0 Å². The molecule has 1 saturated heterocycles. The van der Waals surface area contributed by atoms with Crippen LogP contribution >= 0.6 is 0 Å². The van der Waals surface area contributed by atoms with Gasteiger partial charge in [-0.15, -0.1) is 10.2 Å². The lowest BCUT2D eigenvalue weighted by atomic mass is 10.2. The molecular weight excluding hydrogens is 310 g/mol. The number of aromatic nitrogens is 3. The van der Waals surface area contributed by atoms with Gasteiger partial charge in [-0.3, -0.25) is 0 Å². The summed E-state index contributed by atoms with van der Waals surface area (Å²) in [6.07, 6.45) is 1.40. The van der Waals surface area contributed by atoms with Crippen molar-refractivity contribution < 1.29 is 9.53 Å². The molecule has 2 rings (SSSR count). The van der Waals surface area contributed by atoms with Gasteiger partial charge in [-0.1, -0.05) is 0 Å². The molecule has 0 atom stereocenters. The number of rotatable bonds is 3. The van der Waals surface area contributed by atoms with E-state index in [1.165, 1.54) is 0 Å². The van der Waals surface area contributed by atoms with Crippen LogP contribution in [0.5, 0.6) is 0 Å². The highest BCUT2D eigenvalue weighted by Gasteiger charge is 2.26. The predicted molar refractivity (Wildman–Crippen MR) is 90.4 cm³/mol. The monoisotopic (exact) mass is 337 g/mol. The van der Waals surface area contributed by atoms with Crippen molar-refractivity contribution in [2.24, 2.45) is 10.7 Å². The summed E-state index contributed by atoms with van der Waals surface area (Å²) in [6, 6.07) is 0. The molecule has 0 saturated carbocycles. The highest BCUT2D eigenvalue weighted by atomic mass is 16.6. The van der Waals surface area contributed by atoms with E-state index in [4.69, 9.17) is 10.5 Å². The zero-order chi connectivity index (χ0) is 17.7. The van der Waals surface area contributed by atoms with Gasteiger partial charge in [0.1, 0.15) is 18.5 Å². The fraction of sp³-hybridized carbons (Fsp3) is 0.733. The van der Waals surface area contributed by atoms with Gasteiger partial charge < -0.3 is 24.8 Å². The third-order valence-electron chi connectivity index (χ3n) is 3.67. The number of carbonyl (C=O) groups is 1. The van der Waals surface area contributed by atoms with Gasteiger partial charge in [0, 0.05) is 32.7 Å².